The van der Waals surface area contributed by atoms with Crippen LogP contribution in [0.4, 0.5) is 11.5 Å². The number of para-hydroxylation sites is 1. The van der Waals surface area contributed by atoms with Crippen molar-refractivity contribution in [2.45, 2.75) is 6.92 Å². The van der Waals surface area contributed by atoms with Crippen LogP contribution < -0.4 is 20.3 Å². The first-order valence-electron chi connectivity index (χ1n) is 8.67. The summed E-state index contributed by atoms with van der Waals surface area (Å²) < 4.78 is 5.33. The van der Waals surface area contributed by atoms with E-state index in [0.717, 1.165) is 16.9 Å². The summed E-state index contributed by atoms with van der Waals surface area (Å²) in [5, 5.41) is 5.58. The molecule has 1 aliphatic heterocycles. The molecule has 0 bridgehead atoms. The largest absolute Gasteiger partial charge is 0.496 e. The first kappa shape index (κ1) is 18.4. The number of anilines is 2. The minimum atomic E-state index is -0.245. The predicted molar refractivity (Wildman–Crippen MR) is 105 cm³/mol. The highest BCUT2D eigenvalue weighted by atomic mass is 16.5. The molecular weight excluding hydrogens is 344 g/mol. The van der Waals surface area contributed by atoms with Crippen molar-refractivity contribution in [2.75, 3.05) is 37.0 Å². The van der Waals surface area contributed by atoms with Crippen LogP contribution in [-0.4, -0.2) is 43.5 Å². The molecule has 27 heavy (non-hydrogen) atoms. The maximum Gasteiger partial charge on any atom is 0.248 e. The summed E-state index contributed by atoms with van der Waals surface area (Å²) in [6.07, 6.45) is 3.12. The number of nitrogens with zero attached hydrogens (tertiary/aromatic N) is 2. The monoisotopic (exact) mass is 366 g/mol. The van der Waals surface area contributed by atoms with Gasteiger partial charge in [0.15, 0.2) is 0 Å². The molecule has 7 nitrogen and oxygen atoms in total. The van der Waals surface area contributed by atoms with E-state index in [1.165, 1.54) is 6.08 Å². The molecule has 0 radical (unpaired) electrons. The molecule has 0 spiro atoms. The van der Waals surface area contributed by atoms with E-state index in [-0.39, 0.29) is 11.8 Å². The van der Waals surface area contributed by atoms with Gasteiger partial charge in [-0.3, -0.25) is 9.59 Å². The van der Waals surface area contributed by atoms with Gasteiger partial charge in [-0.1, -0.05) is 18.2 Å². The fraction of sp³-hybridized carbons (Fsp3) is 0.250. The van der Waals surface area contributed by atoms with Gasteiger partial charge in [0.25, 0.3) is 0 Å². The van der Waals surface area contributed by atoms with Crippen molar-refractivity contribution >= 4 is 28.9 Å². The molecule has 0 aliphatic carbocycles. The lowest BCUT2D eigenvalue weighted by molar-refractivity contribution is -0.120. The summed E-state index contributed by atoms with van der Waals surface area (Å²) in [5.41, 5.74) is 2.26. The van der Waals surface area contributed by atoms with Gasteiger partial charge in [0, 0.05) is 24.7 Å². The standard InChI is InChI=1S/C20H22N4O3/c1-14(16-5-3-4-6-17(16)27-2)11-19(25)23-15-7-8-18(22-12-15)24-10-9-21-20(26)13-24/h3-8,11-12H,9-10,13H2,1-2H3,(H,21,26)(H,23,25)/b14-11+. The Labute approximate surface area is 158 Å². The third-order valence-corrected chi connectivity index (χ3v) is 4.26. The lowest BCUT2D eigenvalue weighted by Crippen LogP contribution is -2.48. The number of carbonyl (C=O) groups excluding carboxylic acids is 2. The maximum absolute atomic E-state index is 12.3. The van der Waals surface area contributed by atoms with Crippen LogP contribution in [-0.2, 0) is 9.59 Å². The molecule has 0 saturated carbocycles. The molecule has 1 aromatic carbocycles. The zero-order valence-corrected chi connectivity index (χ0v) is 15.4. The quantitative estimate of drug-likeness (QED) is 0.792. The Bertz CT molecular complexity index is 862. The molecule has 0 atom stereocenters. The number of pyridine rings is 1. The highest BCUT2D eigenvalue weighted by Gasteiger charge is 2.17. The summed E-state index contributed by atoms with van der Waals surface area (Å²) in [6, 6.07) is 11.1. The van der Waals surface area contributed by atoms with Gasteiger partial charge in [0.05, 0.1) is 25.5 Å². The Balaban J connectivity index is 1.66. The van der Waals surface area contributed by atoms with Crippen molar-refractivity contribution in [2.24, 2.45) is 0 Å². The molecule has 2 heterocycles. The van der Waals surface area contributed by atoms with Crippen LogP contribution in [0.3, 0.4) is 0 Å². The van der Waals surface area contributed by atoms with Gasteiger partial charge in [0.2, 0.25) is 11.8 Å². The van der Waals surface area contributed by atoms with E-state index in [9.17, 15) is 9.59 Å². The fourth-order valence-electron chi connectivity index (χ4n) is 2.90. The van der Waals surface area contributed by atoms with Gasteiger partial charge >= 0.3 is 0 Å². The molecular formula is C20H22N4O3. The molecule has 1 fully saturated rings. The fourth-order valence-corrected chi connectivity index (χ4v) is 2.90. The van der Waals surface area contributed by atoms with Crippen molar-refractivity contribution in [3.8, 4) is 5.75 Å². The minimum Gasteiger partial charge on any atom is -0.496 e. The lowest BCUT2D eigenvalue weighted by Gasteiger charge is -2.27. The van der Waals surface area contributed by atoms with Gasteiger partial charge in [-0.25, -0.2) is 4.98 Å². The highest BCUT2D eigenvalue weighted by molar-refractivity contribution is 6.04. The summed E-state index contributed by atoms with van der Waals surface area (Å²) in [6.45, 7) is 3.47. The van der Waals surface area contributed by atoms with Crippen molar-refractivity contribution in [1.82, 2.24) is 10.3 Å². The summed E-state index contributed by atoms with van der Waals surface area (Å²) >= 11 is 0. The Hall–Kier alpha value is -3.35. The second-order valence-electron chi connectivity index (χ2n) is 6.19. The number of carbonyl (C=O) groups is 2. The van der Waals surface area contributed by atoms with E-state index in [1.54, 1.807) is 25.4 Å². The van der Waals surface area contributed by atoms with Crippen LogP contribution >= 0.6 is 0 Å². The Morgan fingerprint density at radius 2 is 2.11 bits per heavy atom. The van der Waals surface area contributed by atoms with Crippen LogP contribution in [0.25, 0.3) is 5.57 Å². The molecule has 1 aliphatic rings. The highest BCUT2D eigenvalue weighted by Crippen LogP contribution is 2.25. The van der Waals surface area contributed by atoms with E-state index in [2.05, 4.69) is 15.6 Å². The molecule has 1 aromatic heterocycles. The number of aromatic nitrogens is 1. The average Bonchev–Trinajstić information content (AvgIpc) is 2.68. The Kier molecular flexibility index (Phi) is 5.71. The number of methoxy groups -OCH3 is 1. The SMILES string of the molecule is COc1ccccc1/C(C)=C/C(=O)Nc1ccc(N2CCNC(=O)C2)nc1. The predicted octanol–water partition coefficient (Wildman–Crippen LogP) is 2.07. The first-order chi connectivity index (χ1) is 13.1. The molecule has 1 saturated heterocycles. The topological polar surface area (TPSA) is 83.6 Å². The number of allylic oxidation sites excluding steroid dienone is 1. The number of hydrogen-bond acceptors (Lipinski definition) is 5. The third-order valence-electron chi connectivity index (χ3n) is 4.26. The molecule has 0 unspecified atom stereocenters. The second-order valence-corrected chi connectivity index (χ2v) is 6.19. The summed E-state index contributed by atoms with van der Waals surface area (Å²) in [7, 11) is 1.60. The number of benzene rings is 1. The molecule has 2 N–H and O–H groups in total. The second kappa shape index (κ2) is 8.35. The minimum absolute atomic E-state index is 0.0163. The van der Waals surface area contributed by atoms with Crippen molar-refractivity contribution in [1.29, 1.82) is 0 Å². The first-order valence-corrected chi connectivity index (χ1v) is 8.67. The number of rotatable bonds is 5. The van der Waals surface area contributed by atoms with Gasteiger partial charge in [-0.2, -0.15) is 0 Å². The van der Waals surface area contributed by atoms with E-state index in [0.29, 0.717) is 31.1 Å². The van der Waals surface area contributed by atoms with Crippen LogP contribution in [0.2, 0.25) is 0 Å². The normalized spacial score (nSPS) is 14.5. The number of hydrogen-bond donors (Lipinski definition) is 2. The van der Waals surface area contributed by atoms with Crippen LogP contribution in [0.15, 0.2) is 48.7 Å². The van der Waals surface area contributed by atoms with E-state index in [1.807, 2.05) is 36.1 Å². The smallest absolute Gasteiger partial charge is 0.248 e. The van der Waals surface area contributed by atoms with Crippen molar-refractivity contribution in [3.05, 3.63) is 54.2 Å². The lowest BCUT2D eigenvalue weighted by atomic mass is 10.1. The average molecular weight is 366 g/mol. The van der Waals surface area contributed by atoms with E-state index < -0.39 is 0 Å². The van der Waals surface area contributed by atoms with Crippen molar-refractivity contribution < 1.29 is 14.3 Å². The Morgan fingerprint density at radius 3 is 2.81 bits per heavy atom. The van der Waals surface area contributed by atoms with Crippen LogP contribution in [0.5, 0.6) is 5.75 Å². The van der Waals surface area contributed by atoms with Gasteiger partial charge in [-0.05, 0) is 30.7 Å². The van der Waals surface area contributed by atoms with Gasteiger partial charge in [-0.15, -0.1) is 0 Å². The van der Waals surface area contributed by atoms with E-state index >= 15 is 0 Å². The molecule has 140 valence electrons. The summed E-state index contributed by atoms with van der Waals surface area (Å²) in [4.78, 5) is 30.0. The maximum atomic E-state index is 12.3. The molecule has 2 amide bonds. The number of ether oxygens (including phenoxy) is 1. The number of piperazine rings is 1. The Morgan fingerprint density at radius 1 is 1.30 bits per heavy atom. The number of nitrogens with one attached hydrogen (secondary N) is 2. The van der Waals surface area contributed by atoms with Gasteiger partial charge in [0.1, 0.15) is 11.6 Å². The zero-order chi connectivity index (χ0) is 19.2. The van der Waals surface area contributed by atoms with Crippen LogP contribution in [0, 0.1) is 0 Å². The number of amides is 2. The van der Waals surface area contributed by atoms with Crippen LogP contribution in [0.1, 0.15) is 12.5 Å². The van der Waals surface area contributed by atoms with E-state index in [4.69, 9.17) is 4.74 Å². The third kappa shape index (κ3) is 4.63. The van der Waals surface area contributed by atoms with Gasteiger partial charge < -0.3 is 20.3 Å². The molecule has 2 aromatic rings. The molecule has 3 rings (SSSR count). The molecule has 7 heteroatoms. The zero-order valence-electron chi connectivity index (χ0n) is 15.4. The van der Waals surface area contributed by atoms with Crippen molar-refractivity contribution in [3.63, 3.8) is 0 Å². The summed E-state index contributed by atoms with van der Waals surface area (Å²) in [5.74, 6) is 1.17.